The average Bonchev–Trinajstić information content (AvgIpc) is 2.61. The van der Waals surface area contributed by atoms with Gasteiger partial charge in [0.1, 0.15) is 0 Å². The third-order valence-corrected chi connectivity index (χ3v) is 4.74. The van der Waals surface area contributed by atoms with Gasteiger partial charge in [-0.05, 0) is 59.3 Å². The van der Waals surface area contributed by atoms with Crippen molar-refractivity contribution in [3.05, 3.63) is 32.3 Å². The topological polar surface area (TPSA) is 50.9 Å². The van der Waals surface area contributed by atoms with Gasteiger partial charge in [-0.2, -0.15) is 0 Å². The van der Waals surface area contributed by atoms with E-state index in [-0.39, 0.29) is 0 Å². The molecule has 0 amide bonds. The molecule has 0 unspecified atom stereocenters. The third-order valence-electron chi connectivity index (χ3n) is 3.68. The molecular weight excluding hydrogens is 370 g/mol. The lowest BCUT2D eigenvalue weighted by atomic mass is 10.0. The monoisotopic (exact) mass is 383 g/mol. The summed E-state index contributed by atoms with van der Waals surface area (Å²) in [6, 6.07) is 4.10. The van der Waals surface area contributed by atoms with Crippen LogP contribution in [0, 0.1) is 0 Å². The second-order valence-electron chi connectivity index (χ2n) is 4.90. The first-order chi connectivity index (χ1) is 9.20. The summed E-state index contributed by atoms with van der Waals surface area (Å²) in [6.45, 7) is 0. The summed E-state index contributed by atoms with van der Waals surface area (Å²) in [5, 5.41) is 1.07. The molecule has 3 nitrogen and oxygen atoms in total. The molecule has 1 heterocycles. The summed E-state index contributed by atoms with van der Waals surface area (Å²) in [6.07, 6.45) is 5.79. The molecule has 0 saturated carbocycles. The lowest BCUT2D eigenvalue weighted by molar-refractivity contribution is 0.709. The van der Waals surface area contributed by atoms with E-state index in [0.717, 1.165) is 38.4 Å². The Morgan fingerprint density at radius 2 is 1.89 bits per heavy atom. The van der Waals surface area contributed by atoms with E-state index in [1.807, 2.05) is 6.07 Å². The summed E-state index contributed by atoms with van der Waals surface area (Å²) < 4.78 is 2.03. The molecular formula is C14H15Br2N3. The maximum absolute atomic E-state index is 5.78. The number of nitrogens with two attached hydrogens (primary N) is 1. The SMILES string of the molecule is NNc1c2c(nc3c(Br)cc(Br)cc13)CCCCC2. The maximum atomic E-state index is 5.78. The number of anilines is 1. The van der Waals surface area contributed by atoms with Crippen molar-refractivity contribution in [3.8, 4) is 0 Å². The van der Waals surface area contributed by atoms with Crippen LogP contribution < -0.4 is 11.3 Å². The number of hydrogen-bond acceptors (Lipinski definition) is 3. The zero-order chi connectivity index (χ0) is 13.4. The number of benzene rings is 1. The highest BCUT2D eigenvalue weighted by molar-refractivity contribution is 9.11. The summed E-state index contributed by atoms with van der Waals surface area (Å²) in [4.78, 5) is 4.86. The number of halogens is 2. The molecule has 0 atom stereocenters. The minimum absolute atomic E-state index is 0.983. The second kappa shape index (κ2) is 5.38. The van der Waals surface area contributed by atoms with E-state index in [4.69, 9.17) is 10.8 Å². The lowest BCUT2D eigenvalue weighted by Crippen LogP contribution is -2.12. The number of nitrogen functional groups attached to an aromatic ring is 1. The van der Waals surface area contributed by atoms with Gasteiger partial charge >= 0.3 is 0 Å². The van der Waals surface area contributed by atoms with Crippen molar-refractivity contribution in [1.82, 2.24) is 4.98 Å². The van der Waals surface area contributed by atoms with E-state index in [2.05, 4.69) is 43.4 Å². The van der Waals surface area contributed by atoms with Gasteiger partial charge in [0, 0.05) is 20.0 Å². The summed E-state index contributed by atoms with van der Waals surface area (Å²) in [5.74, 6) is 5.78. The van der Waals surface area contributed by atoms with Crippen molar-refractivity contribution >= 4 is 48.5 Å². The number of nitrogens with one attached hydrogen (secondary N) is 1. The van der Waals surface area contributed by atoms with Crippen LogP contribution in [0.1, 0.15) is 30.5 Å². The van der Waals surface area contributed by atoms with Gasteiger partial charge in [0.2, 0.25) is 0 Å². The van der Waals surface area contributed by atoms with Gasteiger partial charge < -0.3 is 5.43 Å². The molecule has 0 spiro atoms. The minimum atomic E-state index is 0.983. The van der Waals surface area contributed by atoms with E-state index in [1.54, 1.807) is 0 Å². The Labute approximate surface area is 129 Å². The zero-order valence-corrected chi connectivity index (χ0v) is 13.6. The van der Waals surface area contributed by atoms with Crippen LogP contribution >= 0.6 is 31.9 Å². The highest BCUT2D eigenvalue weighted by Crippen LogP contribution is 2.36. The van der Waals surface area contributed by atoms with Crippen molar-refractivity contribution in [3.63, 3.8) is 0 Å². The van der Waals surface area contributed by atoms with Crippen LogP contribution in [0.5, 0.6) is 0 Å². The molecule has 0 fully saturated rings. The van der Waals surface area contributed by atoms with Crippen molar-refractivity contribution in [1.29, 1.82) is 0 Å². The molecule has 0 saturated heterocycles. The molecule has 0 aliphatic heterocycles. The summed E-state index contributed by atoms with van der Waals surface area (Å²) >= 11 is 7.13. The number of aromatic nitrogens is 1. The number of aryl methyl sites for hydroxylation is 1. The smallest absolute Gasteiger partial charge is 0.0869 e. The first kappa shape index (κ1) is 13.3. The Kier molecular flexibility index (Phi) is 3.78. The number of hydrogen-bond donors (Lipinski definition) is 2. The Morgan fingerprint density at radius 1 is 1.11 bits per heavy atom. The quantitative estimate of drug-likeness (QED) is 0.437. The van der Waals surface area contributed by atoms with Crippen molar-refractivity contribution < 1.29 is 0 Å². The fourth-order valence-corrected chi connectivity index (χ4v) is 4.11. The highest BCUT2D eigenvalue weighted by atomic mass is 79.9. The van der Waals surface area contributed by atoms with Gasteiger partial charge in [0.15, 0.2) is 0 Å². The molecule has 3 N–H and O–H groups in total. The van der Waals surface area contributed by atoms with E-state index in [0.29, 0.717) is 0 Å². The molecule has 1 aliphatic carbocycles. The molecule has 1 aromatic carbocycles. The molecule has 1 aliphatic rings. The summed E-state index contributed by atoms with van der Waals surface area (Å²) in [5.41, 5.74) is 7.40. The highest BCUT2D eigenvalue weighted by Gasteiger charge is 2.18. The number of nitrogens with zero attached hydrogens (tertiary/aromatic N) is 1. The third kappa shape index (κ3) is 2.39. The fourth-order valence-electron chi connectivity index (χ4n) is 2.79. The average molecular weight is 385 g/mol. The molecule has 3 rings (SSSR count). The molecule has 0 bridgehead atoms. The minimum Gasteiger partial charge on any atom is -0.323 e. The number of fused-ring (bicyclic) bond motifs is 2. The normalized spacial score (nSPS) is 15.1. The van der Waals surface area contributed by atoms with E-state index < -0.39 is 0 Å². The van der Waals surface area contributed by atoms with Gasteiger partial charge in [0.25, 0.3) is 0 Å². The molecule has 0 radical (unpaired) electrons. The van der Waals surface area contributed by atoms with Crippen molar-refractivity contribution in [2.24, 2.45) is 5.84 Å². The molecule has 19 heavy (non-hydrogen) atoms. The summed E-state index contributed by atoms with van der Waals surface area (Å²) in [7, 11) is 0. The standard InChI is InChI=1S/C14H15Br2N3/c15-8-6-10-13(19-17)9-4-2-1-3-5-12(9)18-14(10)11(16)7-8/h6-7H,1-5,17H2,(H,18,19). The van der Waals surface area contributed by atoms with Crippen LogP contribution in [0.15, 0.2) is 21.1 Å². The van der Waals surface area contributed by atoms with E-state index in [1.165, 1.54) is 30.5 Å². The largest absolute Gasteiger partial charge is 0.323 e. The number of rotatable bonds is 1. The lowest BCUT2D eigenvalue weighted by Gasteiger charge is -2.15. The zero-order valence-electron chi connectivity index (χ0n) is 10.5. The Bertz CT molecular complexity index is 640. The van der Waals surface area contributed by atoms with Gasteiger partial charge in [-0.3, -0.25) is 10.8 Å². The number of pyridine rings is 1. The predicted octanol–water partition coefficient (Wildman–Crippen LogP) is 4.31. The Hall–Kier alpha value is -0.650. The van der Waals surface area contributed by atoms with Crippen LogP contribution in [0.4, 0.5) is 5.69 Å². The van der Waals surface area contributed by atoms with Crippen LogP contribution in [-0.2, 0) is 12.8 Å². The first-order valence-corrected chi connectivity index (χ1v) is 8.06. The Morgan fingerprint density at radius 3 is 2.68 bits per heavy atom. The van der Waals surface area contributed by atoms with Crippen LogP contribution in [0.3, 0.4) is 0 Å². The Balaban J connectivity index is 2.36. The predicted molar refractivity (Wildman–Crippen MR) is 86.2 cm³/mol. The van der Waals surface area contributed by atoms with E-state index in [9.17, 15) is 0 Å². The fraction of sp³-hybridized carbons (Fsp3) is 0.357. The van der Waals surface area contributed by atoms with Crippen LogP contribution in [0.25, 0.3) is 10.9 Å². The number of hydrazine groups is 1. The van der Waals surface area contributed by atoms with Gasteiger partial charge in [0.05, 0.1) is 11.2 Å². The van der Waals surface area contributed by atoms with Gasteiger partial charge in [-0.15, -0.1) is 0 Å². The second-order valence-corrected chi connectivity index (χ2v) is 6.67. The maximum Gasteiger partial charge on any atom is 0.0869 e. The van der Waals surface area contributed by atoms with Crippen molar-refractivity contribution in [2.45, 2.75) is 32.1 Å². The van der Waals surface area contributed by atoms with Gasteiger partial charge in [-0.25, -0.2) is 0 Å². The molecule has 2 aromatic rings. The molecule has 5 heteroatoms. The molecule has 1 aromatic heterocycles. The van der Waals surface area contributed by atoms with Gasteiger partial charge in [-0.1, -0.05) is 22.4 Å². The van der Waals surface area contributed by atoms with Crippen LogP contribution in [0.2, 0.25) is 0 Å². The van der Waals surface area contributed by atoms with Crippen molar-refractivity contribution in [2.75, 3.05) is 5.43 Å². The van der Waals surface area contributed by atoms with Crippen LogP contribution in [-0.4, -0.2) is 4.98 Å². The first-order valence-electron chi connectivity index (χ1n) is 6.48. The molecule has 100 valence electrons. The van der Waals surface area contributed by atoms with E-state index >= 15 is 0 Å².